The van der Waals surface area contributed by atoms with Crippen LogP contribution in [0.2, 0.25) is 0 Å². The molecule has 4 rings (SSSR count). The average Bonchev–Trinajstić information content (AvgIpc) is 3.23. The van der Waals surface area contributed by atoms with Crippen molar-refractivity contribution < 1.29 is 25.6 Å². The lowest BCUT2D eigenvalue weighted by Crippen LogP contribution is -2.09. The van der Waals surface area contributed by atoms with E-state index in [1.807, 2.05) is 0 Å². The zero-order valence-electron chi connectivity index (χ0n) is 20.8. The largest absolute Gasteiger partial charge is 0.327 e. The third-order valence-corrected chi connectivity index (χ3v) is 9.42. The Labute approximate surface area is 224 Å². The Morgan fingerprint density at radius 1 is 0.895 bits per heavy atom. The number of pyridine rings is 1. The van der Waals surface area contributed by atoms with Crippen LogP contribution in [0.3, 0.4) is 0 Å². The molecule has 2 heterocycles. The molecule has 4 aromatic rings. The van der Waals surface area contributed by atoms with E-state index in [-0.39, 0.29) is 16.3 Å². The van der Waals surface area contributed by atoms with Crippen molar-refractivity contribution in [2.45, 2.75) is 30.1 Å². The van der Waals surface area contributed by atoms with Crippen molar-refractivity contribution in [3.8, 4) is 0 Å². The topological polar surface area (TPSA) is 120 Å². The smallest absolute Gasteiger partial charge is 0.187 e. The number of aryl methyl sites for hydroxylation is 1. The van der Waals surface area contributed by atoms with Crippen molar-refractivity contribution in [3.63, 3.8) is 0 Å². The molecule has 12 heteroatoms. The SMILES string of the molecule is CC/C=C(\F)CS(=O)(=O)c1cccc2cccnc12.Cc1nc2c(S(=O)(=O)C/C(F)=C/CN)cccc2s1. The molecule has 2 aromatic heterocycles. The molecule has 38 heavy (non-hydrogen) atoms. The van der Waals surface area contributed by atoms with E-state index in [2.05, 4.69) is 9.97 Å². The Bertz CT molecular complexity index is 1710. The zero-order valence-corrected chi connectivity index (χ0v) is 23.2. The first-order valence-corrected chi connectivity index (χ1v) is 15.6. The number of allylic oxidation sites excluding steroid dienone is 1. The van der Waals surface area contributed by atoms with E-state index in [1.54, 1.807) is 50.2 Å². The van der Waals surface area contributed by atoms with Crippen molar-refractivity contribution in [1.29, 1.82) is 0 Å². The molecule has 0 aliphatic heterocycles. The van der Waals surface area contributed by atoms with E-state index >= 15 is 0 Å². The van der Waals surface area contributed by atoms with Crippen LogP contribution in [0.1, 0.15) is 18.4 Å². The predicted molar refractivity (Wildman–Crippen MR) is 148 cm³/mol. The van der Waals surface area contributed by atoms with E-state index in [1.165, 1.54) is 35.7 Å². The summed E-state index contributed by atoms with van der Waals surface area (Å²) >= 11 is 1.41. The van der Waals surface area contributed by atoms with Crippen LogP contribution in [0.4, 0.5) is 8.78 Å². The monoisotopic (exact) mass is 579 g/mol. The second-order valence-electron chi connectivity index (χ2n) is 8.13. The molecule has 0 unspecified atom stereocenters. The second-order valence-corrected chi connectivity index (χ2v) is 13.3. The average molecular weight is 580 g/mol. The van der Waals surface area contributed by atoms with Gasteiger partial charge in [-0.2, -0.15) is 0 Å². The van der Waals surface area contributed by atoms with Crippen LogP contribution in [0.15, 0.2) is 88.3 Å². The molecular weight excluding hydrogens is 553 g/mol. The van der Waals surface area contributed by atoms with Crippen LogP contribution in [0.5, 0.6) is 0 Å². The summed E-state index contributed by atoms with van der Waals surface area (Å²) in [5.74, 6) is -2.67. The summed E-state index contributed by atoms with van der Waals surface area (Å²) in [6.07, 6.45) is 4.33. The summed E-state index contributed by atoms with van der Waals surface area (Å²) in [5.41, 5.74) is 5.95. The fourth-order valence-corrected chi connectivity index (χ4v) is 7.28. The molecule has 0 fully saturated rings. The second kappa shape index (κ2) is 12.7. The first kappa shape index (κ1) is 29.5. The van der Waals surface area contributed by atoms with Gasteiger partial charge in [0.2, 0.25) is 0 Å². The molecule has 2 aromatic carbocycles. The van der Waals surface area contributed by atoms with Gasteiger partial charge < -0.3 is 5.73 Å². The molecular formula is C26H27F2N3O4S3. The van der Waals surface area contributed by atoms with E-state index in [4.69, 9.17) is 5.73 Å². The maximum Gasteiger partial charge on any atom is 0.187 e. The van der Waals surface area contributed by atoms with Crippen molar-refractivity contribution >= 4 is 52.1 Å². The molecule has 0 spiro atoms. The minimum atomic E-state index is -3.75. The molecule has 0 bridgehead atoms. The summed E-state index contributed by atoms with van der Waals surface area (Å²) in [5, 5.41) is 1.50. The highest BCUT2D eigenvalue weighted by molar-refractivity contribution is 7.92. The number of sulfone groups is 2. The maximum atomic E-state index is 13.4. The lowest BCUT2D eigenvalue weighted by molar-refractivity contribution is 0.581. The fourth-order valence-electron chi connectivity index (χ4n) is 3.60. The molecule has 2 N–H and O–H groups in total. The first-order chi connectivity index (χ1) is 18.0. The van der Waals surface area contributed by atoms with Gasteiger partial charge >= 0.3 is 0 Å². The van der Waals surface area contributed by atoms with E-state index in [9.17, 15) is 25.6 Å². The molecule has 0 radical (unpaired) electrons. The number of aromatic nitrogens is 2. The zero-order chi connectivity index (χ0) is 27.9. The lowest BCUT2D eigenvalue weighted by atomic mass is 10.2. The summed E-state index contributed by atoms with van der Waals surface area (Å²) in [6.45, 7) is 3.53. The highest BCUT2D eigenvalue weighted by Gasteiger charge is 2.22. The van der Waals surface area contributed by atoms with Gasteiger partial charge in [-0.25, -0.2) is 30.6 Å². The van der Waals surface area contributed by atoms with Gasteiger partial charge in [0.15, 0.2) is 19.7 Å². The minimum Gasteiger partial charge on any atom is -0.327 e. The van der Waals surface area contributed by atoms with Crippen LogP contribution in [-0.2, 0) is 19.7 Å². The van der Waals surface area contributed by atoms with Crippen molar-refractivity contribution in [2.24, 2.45) is 5.73 Å². The summed E-state index contributed by atoms with van der Waals surface area (Å²) in [4.78, 5) is 8.42. The van der Waals surface area contributed by atoms with Crippen molar-refractivity contribution in [1.82, 2.24) is 9.97 Å². The number of benzene rings is 2. The minimum absolute atomic E-state index is 0.0264. The maximum absolute atomic E-state index is 13.4. The molecule has 202 valence electrons. The number of rotatable bonds is 8. The number of hydrogen-bond acceptors (Lipinski definition) is 8. The van der Waals surface area contributed by atoms with Gasteiger partial charge in [-0.15, -0.1) is 11.3 Å². The van der Waals surface area contributed by atoms with Gasteiger partial charge in [-0.05, 0) is 43.7 Å². The Hall–Kier alpha value is -3.06. The van der Waals surface area contributed by atoms with E-state index in [0.717, 1.165) is 21.2 Å². The Morgan fingerprint density at radius 3 is 2.11 bits per heavy atom. The van der Waals surface area contributed by atoms with Gasteiger partial charge in [0.25, 0.3) is 0 Å². The van der Waals surface area contributed by atoms with Crippen molar-refractivity contribution in [3.05, 3.63) is 83.5 Å². The summed E-state index contributed by atoms with van der Waals surface area (Å²) in [6, 6.07) is 13.3. The third-order valence-electron chi connectivity index (χ3n) is 5.18. The number of para-hydroxylation sites is 2. The molecule has 0 atom stereocenters. The van der Waals surface area contributed by atoms with Crippen LogP contribution in [0.25, 0.3) is 21.1 Å². The number of nitrogens with zero attached hydrogens (tertiary/aromatic N) is 2. The van der Waals surface area contributed by atoms with Gasteiger partial charge in [0, 0.05) is 18.1 Å². The molecule has 0 aliphatic carbocycles. The Morgan fingerprint density at radius 2 is 1.47 bits per heavy atom. The van der Waals surface area contributed by atoms with Gasteiger partial charge in [-0.1, -0.05) is 37.3 Å². The highest BCUT2D eigenvalue weighted by atomic mass is 32.2. The molecule has 0 amide bonds. The van der Waals surface area contributed by atoms with Crippen molar-refractivity contribution in [2.75, 3.05) is 18.1 Å². The number of fused-ring (bicyclic) bond motifs is 2. The Kier molecular flexibility index (Phi) is 9.82. The standard InChI is InChI=1S/C14H14FNO2S.C12H13FN2O2S2/c1-2-5-12(15)10-19(17,18)13-8-3-6-11-7-4-9-16-14(11)13;1-8-15-12-10(18-8)3-2-4-11(12)19(16,17)7-9(13)5-6-14/h3-9H,2,10H2,1H3;2-5H,6-7,14H2,1H3/b12-5-;9-5-. The van der Waals surface area contributed by atoms with Crippen LogP contribution in [-0.4, -0.2) is 44.9 Å². The number of hydrogen-bond donors (Lipinski definition) is 1. The third kappa shape index (κ3) is 7.28. The van der Waals surface area contributed by atoms with Gasteiger partial charge in [-0.3, -0.25) is 4.98 Å². The number of thiazole rings is 1. The van der Waals surface area contributed by atoms with Crippen LogP contribution >= 0.6 is 11.3 Å². The fraction of sp³-hybridized carbons (Fsp3) is 0.231. The van der Waals surface area contributed by atoms with E-state index < -0.39 is 42.8 Å². The van der Waals surface area contributed by atoms with Crippen LogP contribution in [0, 0.1) is 6.92 Å². The molecule has 7 nitrogen and oxygen atoms in total. The highest BCUT2D eigenvalue weighted by Crippen LogP contribution is 2.28. The molecule has 0 saturated carbocycles. The molecule has 0 saturated heterocycles. The van der Waals surface area contributed by atoms with Gasteiger partial charge in [0.05, 0.1) is 25.0 Å². The van der Waals surface area contributed by atoms with E-state index in [0.29, 0.717) is 17.5 Å². The number of nitrogens with two attached hydrogens (primary N) is 1. The normalized spacial score (nSPS) is 13.0. The van der Waals surface area contributed by atoms with Crippen LogP contribution < -0.4 is 5.73 Å². The lowest BCUT2D eigenvalue weighted by Gasteiger charge is -2.06. The first-order valence-electron chi connectivity index (χ1n) is 11.5. The summed E-state index contributed by atoms with van der Waals surface area (Å²) < 4.78 is 76.4. The van der Waals surface area contributed by atoms with Gasteiger partial charge in [0.1, 0.15) is 28.7 Å². The number of halogens is 2. The molecule has 0 aliphatic rings. The quantitative estimate of drug-likeness (QED) is 0.294. The Balaban J connectivity index is 0.000000211. The predicted octanol–water partition coefficient (Wildman–Crippen LogP) is 5.46. The summed E-state index contributed by atoms with van der Waals surface area (Å²) in [7, 11) is -7.46.